The number of amides is 1. The number of nitrogens with zero attached hydrogens (tertiary/aromatic N) is 1. The zero-order chi connectivity index (χ0) is 16.7. The average Bonchev–Trinajstić information content (AvgIpc) is 2.35. The summed E-state index contributed by atoms with van der Waals surface area (Å²) in [7, 11) is -1.81. The Hall–Kier alpha value is -0.0936. The van der Waals surface area contributed by atoms with Gasteiger partial charge in [-0.15, -0.1) is 0 Å². The topological polar surface area (TPSA) is 29.5 Å². The van der Waals surface area contributed by atoms with Gasteiger partial charge in [-0.3, -0.25) is 0 Å². The molecule has 0 saturated carbocycles. The molecule has 2 heterocycles. The Morgan fingerprint density at radius 1 is 1.41 bits per heavy atom. The molecule has 0 bridgehead atoms. The molecule has 1 saturated heterocycles. The SMILES string of the molecule is C/C1=C/CC[Se][C@@H]2[C@@H]([C@@H](C)O[Si](C)(C)C(C)(C)C)C(=O)N2C1. The van der Waals surface area contributed by atoms with Gasteiger partial charge in [0, 0.05) is 0 Å². The summed E-state index contributed by atoms with van der Waals surface area (Å²) in [6.45, 7) is 16.4. The van der Waals surface area contributed by atoms with Gasteiger partial charge in [0.2, 0.25) is 0 Å². The van der Waals surface area contributed by atoms with Gasteiger partial charge in [-0.25, -0.2) is 0 Å². The first-order valence-electron chi connectivity index (χ1n) is 8.30. The van der Waals surface area contributed by atoms with Crippen LogP contribution in [-0.2, 0) is 9.22 Å². The second kappa shape index (κ2) is 6.43. The van der Waals surface area contributed by atoms with Crippen LogP contribution in [0.3, 0.4) is 0 Å². The molecule has 22 heavy (non-hydrogen) atoms. The van der Waals surface area contributed by atoms with Gasteiger partial charge in [-0.1, -0.05) is 0 Å². The van der Waals surface area contributed by atoms with E-state index in [1.54, 1.807) is 0 Å². The van der Waals surface area contributed by atoms with E-state index in [9.17, 15) is 4.79 Å². The van der Waals surface area contributed by atoms with Crippen LogP contribution >= 0.6 is 0 Å². The van der Waals surface area contributed by atoms with Crippen molar-refractivity contribution in [3.63, 3.8) is 0 Å². The predicted molar refractivity (Wildman–Crippen MR) is 95.7 cm³/mol. The fraction of sp³-hybridized carbons (Fsp3) is 0.824. The first kappa shape index (κ1) is 18.2. The van der Waals surface area contributed by atoms with Crippen LogP contribution in [0.4, 0.5) is 0 Å². The van der Waals surface area contributed by atoms with E-state index in [0.717, 1.165) is 6.54 Å². The Balaban J connectivity index is 2.07. The first-order valence-corrected chi connectivity index (χ1v) is 13.4. The number of hydrogen-bond acceptors (Lipinski definition) is 2. The molecule has 0 aromatic heterocycles. The molecule has 0 aromatic rings. The molecule has 0 spiro atoms. The molecule has 0 aliphatic carbocycles. The molecule has 5 heteroatoms. The summed E-state index contributed by atoms with van der Waals surface area (Å²) in [4.78, 5) is 15.2. The third kappa shape index (κ3) is 3.53. The van der Waals surface area contributed by atoms with Gasteiger partial charge >= 0.3 is 143 Å². The molecular weight excluding hydrogens is 357 g/mol. The standard InChI is InChI=1S/C17H31NO2SeSi/c1-12-9-8-10-21-16-14(15(19)18(16)11-12)13(2)20-22(6,7)17(3,4)5/h9,13-14,16H,8,10-11H2,1-7H3/b12-9-/t13-,14+,16-/m1/s1. The Labute approximate surface area is 143 Å². The molecule has 0 aromatic carbocycles. The van der Waals surface area contributed by atoms with E-state index in [1.807, 2.05) is 0 Å². The van der Waals surface area contributed by atoms with Crippen LogP contribution in [0.15, 0.2) is 11.6 Å². The molecule has 3 atom stereocenters. The Morgan fingerprint density at radius 2 is 2.05 bits per heavy atom. The predicted octanol–water partition coefficient (Wildman–Crippen LogP) is 3.65. The number of allylic oxidation sites excluding steroid dienone is 1. The van der Waals surface area contributed by atoms with Crippen LogP contribution in [-0.4, -0.2) is 51.7 Å². The fourth-order valence-electron chi connectivity index (χ4n) is 2.89. The van der Waals surface area contributed by atoms with E-state index >= 15 is 0 Å². The van der Waals surface area contributed by atoms with Crippen LogP contribution in [0.25, 0.3) is 0 Å². The summed E-state index contributed by atoms with van der Waals surface area (Å²) < 4.78 is 6.51. The summed E-state index contributed by atoms with van der Waals surface area (Å²) in [5.74, 6) is 0.410. The van der Waals surface area contributed by atoms with Gasteiger partial charge in [0.15, 0.2) is 0 Å². The fourth-order valence-corrected chi connectivity index (χ4v) is 7.25. The van der Waals surface area contributed by atoms with E-state index in [2.05, 4.69) is 58.7 Å². The number of fused-ring (bicyclic) bond motifs is 1. The number of carbonyl (C=O) groups excluding carboxylic acids is 1. The van der Waals surface area contributed by atoms with E-state index in [0.29, 0.717) is 25.8 Å². The zero-order valence-corrected chi connectivity index (χ0v) is 17.8. The van der Waals surface area contributed by atoms with Crippen LogP contribution in [0.2, 0.25) is 23.5 Å². The number of β-lactam (4-membered cyclic amide) rings is 1. The molecule has 0 N–H and O–H groups in total. The molecule has 0 unspecified atom stereocenters. The van der Waals surface area contributed by atoms with Crippen molar-refractivity contribution in [2.45, 2.75) is 75.5 Å². The summed E-state index contributed by atoms with van der Waals surface area (Å²) in [6, 6.07) is 0. The van der Waals surface area contributed by atoms with Crippen molar-refractivity contribution in [1.82, 2.24) is 4.90 Å². The molecular formula is C17H31NO2SeSi. The normalized spacial score (nSPS) is 30.6. The second-order valence-electron chi connectivity index (χ2n) is 8.18. The van der Waals surface area contributed by atoms with Crippen molar-refractivity contribution >= 4 is 29.2 Å². The molecule has 126 valence electrons. The number of hydrogen-bond donors (Lipinski definition) is 0. The van der Waals surface area contributed by atoms with Crippen LogP contribution in [0, 0.1) is 5.92 Å². The van der Waals surface area contributed by atoms with Gasteiger partial charge in [-0.05, 0) is 0 Å². The van der Waals surface area contributed by atoms with Crippen LogP contribution in [0.1, 0.15) is 41.0 Å². The third-order valence-electron chi connectivity index (χ3n) is 5.29. The van der Waals surface area contributed by atoms with Crippen molar-refractivity contribution in [3.05, 3.63) is 11.6 Å². The Bertz CT molecular complexity index is 470. The second-order valence-corrected chi connectivity index (χ2v) is 15.5. The molecule has 3 nitrogen and oxygen atoms in total. The van der Waals surface area contributed by atoms with Crippen LogP contribution < -0.4 is 0 Å². The van der Waals surface area contributed by atoms with Gasteiger partial charge < -0.3 is 0 Å². The molecule has 1 amide bonds. The number of carbonyl (C=O) groups is 1. The summed E-state index contributed by atoms with van der Waals surface area (Å²) in [5, 5.41) is 1.43. The number of rotatable bonds is 3. The van der Waals surface area contributed by atoms with Crippen molar-refractivity contribution in [3.8, 4) is 0 Å². The molecule has 1 fully saturated rings. The maximum atomic E-state index is 12.6. The van der Waals surface area contributed by atoms with Crippen molar-refractivity contribution < 1.29 is 9.22 Å². The van der Waals surface area contributed by atoms with Gasteiger partial charge in [0.05, 0.1) is 0 Å². The Kier molecular flexibility index (Phi) is 5.33. The average molecular weight is 388 g/mol. The van der Waals surface area contributed by atoms with E-state index in [1.165, 1.54) is 17.3 Å². The minimum atomic E-state index is -1.81. The molecule has 2 rings (SSSR count). The zero-order valence-electron chi connectivity index (χ0n) is 15.1. The van der Waals surface area contributed by atoms with E-state index in [-0.39, 0.29) is 17.1 Å². The van der Waals surface area contributed by atoms with Gasteiger partial charge in [0.1, 0.15) is 0 Å². The van der Waals surface area contributed by atoms with Gasteiger partial charge in [-0.2, -0.15) is 0 Å². The summed E-state index contributed by atoms with van der Waals surface area (Å²) in [6.07, 6.45) is 3.53. The third-order valence-corrected chi connectivity index (χ3v) is 12.7. The van der Waals surface area contributed by atoms with Crippen molar-refractivity contribution in [2.24, 2.45) is 5.92 Å². The summed E-state index contributed by atoms with van der Waals surface area (Å²) in [5.41, 5.74) is 1.34. The first-order chi connectivity index (χ1) is 10.0. The van der Waals surface area contributed by atoms with Gasteiger partial charge in [0.25, 0.3) is 0 Å². The van der Waals surface area contributed by atoms with Crippen molar-refractivity contribution in [2.75, 3.05) is 6.54 Å². The quantitative estimate of drug-likeness (QED) is 0.420. The Morgan fingerprint density at radius 3 is 2.64 bits per heavy atom. The molecule has 2 aliphatic rings. The van der Waals surface area contributed by atoms with Crippen molar-refractivity contribution in [1.29, 1.82) is 0 Å². The van der Waals surface area contributed by atoms with E-state index < -0.39 is 8.32 Å². The minimum absolute atomic E-state index is 0.0558. The maximum absolute atomic E-state index is 12.6. The summed E-state index contributed by atoms with van der Waals surface area (Å²) >= 11 is 0.515. The van der Waals surface area contributed by atoms with E-state index in [4.69, 9.17) is 4.43 Å². The monoisotopic (exact) mass is 389 g/mol. The molecule has 2 aliphatic heterocycles. The molecule has 0 radical (unpaired) electrons. The van der Waals surface area contributed by atoms with Crippen LogP contribution in [0.5, 0.6) is 0 Å².